The van der Waals surface area contributed by atoms with E-state index in [-0.39, 0.29) is 16.6 Å². The normalized spacial score (nSPS) is 12.4. The van der Waals surface area contributed by atoms with Gasteiger partial charge in [0.1, 0.15) is 0 Å². The number of carbonyl (C=O) groups is 2. The molecule has 0 bridgehead atoms. The average Bonchev–Trinajstić information content (AvgIpc) is 2.37. The second-order valence-electron chi connectivity index (χ2n) is 5.86. The van der Waals surface area contributed by atoms with Gasteiger partial charge in [0.25, 0.3) is 0 Å². The topological polar surface area (TPSA) is 88.5 Å². The van der Waals surface area contributed by atoms with Crippen LogP contribution < -0.4 is 0 Å². The summed E-state index contributed by atoms with van der Waals surface area (Å²) in [4.78, 5) is 22.9. The van der Waals surface area contributed by atoms with E-state index in [4.69, 9.17) is 5.11 Å². The fourth-order valence-corrected chi connectivity index (χ4v) is 3.03. The highest BCUT2D eigenvalue weighted by Gasteiger charge is 2.42. The molecule has 6 heteroatoms. The molecule has 0 radical (unpaired) electrons. The number of Topliss-reactive ketones (excluding diaryl/α,β-unsaturated/α-hetero) is 1. The zero-order chi connectivity index (χ0) is 16.4. The maximum atomic E-state index is 12.3. The first-order valence-corrected chi connectivity index (χ1v) is 8.09. The Balaban J connectivity index is 3.14. The van der Waals surface area contributed by atoms with Crippen LogP contribution in [0, 0.1) is 5.92 Å². The Hall–Kier alpha value is -1.69. The Morgan fingerprint density at radius 2 is 1.62 bits per heavy atom. The number of hydrogen-bond acceptors (Lipinski definition) is 4. The molecule has 0 fully saturated rings. The molecule has 0 aliphatic rings. The second kappa shape index (κ2) is 5.97. The van der Waals surface area contributed by atoms with E-state index >= 15 is 0 Å². The van der Waals surface area contributed by atoms with Gasteiger partial charge in [-0.2, -0.15) is 0 Å². The maximum Gasteiger partial charge on any atom is 0.324 e. The summed E-state index contributed by atoms with van der Waals surface area (Å²) in [5, 5.41) is 9.05. The van der Waals surface area contributed by atoms with Crippen molar-refractivity contribution in [1.82, 2.24) is 0 Å². The van der Waals surface area contributed by atoms with E-state index in [1.54, 1.807) is 0 Å². The molecule has 0 aliphatic carbocycles. The lowest BCUT2D eigenvalue weighted by Gasteiger charge is -2.19. The van der Waals surface area contributed by atoms with Crippen LogP contribution in [0.15, 0.2) is 29.2 Å². The standard InChI is InChI=1S/C15H20O5S/c1-10(2)9-13(16)11-5-7-12(8-6-11)21(19,20)15(3,4)14(17)18/h5-8,10H,9H2,1-4H3,(H,17,18). The van der Waals surface area contributed by atoms with Crippen LogP contribution in [-0.4, -0.2) is 30.0 Å². The molecule has 1 aromatic carbocycles. The minimum absolute atomic E-state index is 0.0635. The molecule has 116 valence electrons. The first-order valence-electron chi connectivity index (χ1n) is 6.61. The molecule has 0 heterocycles. The third-order valence-corrected chi connectivity index (χ3v) is 5.68. The zero-order valence-corrected chi connectivity index (χ0v) is 13.4. The van der Waals surface area contributed by atoms with Gasteiger partial charge in [0.2, 0.25) is 0 Å². The van der Waals surface area contributed by atoms with Gasteiger partial charge in [-0.05, 0) is 31.9 Å². The number of ketones is 1. The van der Waals surface area contributed by atoms with Crippen molar-refractivity contribution in [3.63, 3.8) is 0 Å². The molecule has 0 aliphatic heterocycles. The predicted molar refractivity (Wildman–Crippen MR) is 79.1 cm³/mol. The lowest BCUT2D eigenvalue weighted by Crippen LogP contribution is -2.40. The summed E-state index contributed by atoms with van der Waals surface area (Å²) in [5.41, 5.74) is 0.427. The number of carboxylic acid groups (broad SMARTS) is 1. The van der Waals surface area contributed by atoms with E-state index < -0.39 is 20.6 Å². The van der Waals surface area contributed by atoms with Crippen molar-refractivity contribution in [2.75, 3.05) is 0 Å². The van der Waals surface area contributed by atoms with Crippen molar-refractivity contribution in [2.24, 2.45) is 5.92 Å². The molecule has 0 atom stereocenters. The van der Waals surface area contributed by atoms with Crippen LogP contribution in [0.3, 0.4) is 0 Å². The lowest BCUT2D eigenvalue weighted by atomic mass is 10.0. The third-order valence-electron chi connectivity index (χ3n) is 3.27. The van der Waals surface area contributed by atoms with Crippen LogP contribution in [0.25, 0.3) is 0 Å². The molecule has 21 heavy (non-hydrogen) atoms. The van der Waals surface area contributed by atoms with Crippen molar-refractivity contribution in [1.29, 1.82) is 0 Å². The molecule has 0 saturated carbocycles. The number of carboxylic acids is 1. The van der Waals surface area contributed by atoms with Crippen molar-refractivity contribution >= 4 is 21.6 Å². The number of rotatable bonds is 6. The quantitative estimate of drug-likeness (QED) is 0.815. The lowest BCUT2D eigenvalue weighted by molar-refractivity contribution is -0.139. The van der Waals surface area contributed by atoms with Crippen LogP contribution in [-0.2, 0) is 14.6 Å². The molecule has 5 nitrogen and oxygen atoms in total. The van der Waals surface area contributed by atoms with Crippen LogP contribution in [0.2, 0.25) is 0 Å². The summed E-state index contributed by atoms with van der Waals surface area (Å²) in [6, 6.07) is 5.42. The largest absolute Gasteiger partial charge is 0.480 e. The summed E-state index contributed by atoms with van der Waals surface area (Å²) in [7, 11) is -4.01. The minimum atomic E-state index is -4.01. The summed E-state index contributed by atoms with van der Waals surface area (Å²) < 4.78 is 22.7. The van der Waals surface area contributed by atoms with Gasteiger partial charge in [-0.25, -0.2) is 8.42 Å². The highest BCUT2D eigenvalue weighted by atomic mass is 32.2. The molecule has 0 spiro atoms. The Kier molecular flexibility index (Phi) is 4.94. The van der Waals surface area contributed by atoms with Gasteiger partial charge in [0.05, 0.1) is 4.90 Å². The first-order chi connectivity index (χ1) is 9.50. The van der Waals surface area contributed by atoms with Crippen LogP contribution >= 0.6 is 0 Å². The van der Waals surface area contributed by atoms with Gasteiger partial charge in [-0.15, -0.1) is 0 Å². The zero-order valence-electron chi connectivity index (χ0n) is 12.6. The van der Waals surface area contributed by atoms with Gasteiger partial charge >= 0.3 is 5.97 Å². The van der Waals surface area contributed by atoms with Crippen LogP contribution in [0.4, 0.5) is 0 Å². The third kappa shape index (κ3) is 3.50. The second-order valence-corrected chi connectivity index (χ2v) is 8.36. The number of aliphatic carboxylic acids is 1. The Labute approximate surface area is 124 Å². The van der Waals surface area contributed by atoms with Gasteiger partial charge in [0.15, 0.2) is 20.4 Å². The number of sulfone groups is 1. The van der Waals surface area contributed by atoms with Crippen molar-refractivity contribution < 1.29 is 23.1 Å². The van der Waals surface area contributed by atoms with E-state index in [2.05, 4.69) is 0 Å². The summed E-state index contributed by atoms with van der Waals surface area (Å²) in [5.74, 6) is -1.26. The molecule has 0 aromatic heterocycles. The van der Waals surface area contributed by atoms with Gasteiger partial charge < -0.3 is 5.11 Å². The molecule has 1 aromatic rings. The Bertz CT molecular complexity index is 639. The molecule has 1 rings (SSSR count). The Morgan fingerprint density at radius 1 is 1.14 bits per heavy atom. The predicted octanol–water partition coefficient (Wildman–Crippen LogP) is 2.55. The molecule has 0 saturated heterocycles. The van der Waals surface area contributed by atoms with E-state index in [1.807, 2.05) is 13.8 Å². The minimum Gasteiger partial charge on any atom is -0.480 e. The van der Waals surface area contributed by atoms with Crippen molar-refractivity contribution in [3.05, 3.63) is 29.8 Å². The van der Waals surface area contributed by atoms with Crippen LogP contribution in [0.5, 0.6) is 0 Å². The summed E-state index contributed by atoms with van der Waals surface area (Å²) >= 11 is 0. The highest BCUT2D eigenvalue weighted by Crippen LogP contribution is 2.26. The monoisotopic (exact) mass is 312 g/mol. The smallest absolute Gasteiger partial charge is 0.324 e. The van der Waals surface area contributed by atoms with Gasteiger partial charge in [-0.1, -0.05) is 26.0 Å². The fraction of sp³-hybridized carbons (Fsp3) is 0.467. The van der Waals surface area contributed by atoms with Gasteiger partial charge in [0, 0.05) is 12.0 Å². The van der Waals surface area contributed by atoms with E-state index in [0.717, 1.165) is 13.8 Å². The van der Waals surface area contributed by atoms with Crippen molar-refractivity contribution in [3.8, 4) is 0 Å². The van der Waals surface area contributed by atoms with E-state index in [1.165, 1.54) is 24.3 Å². The summed E-state index contributed by atoms with van der Waals surface area (Å²) in [6.07, 6.45) is 0.382. The number of carbonyl (C=O) groups excluding carboxylic acids is 1. The Morgan fingerprint density at radius 3 is 2.00 bits per heavy atom. The van der Waals surface area contributed by atoms with Crippen LogP contribution in [0.1, 0.15) is 44.5 Å². The van der Waals surface area contributed by atoms with Gasteiger partial charge in [-0.3, -0.25) is 9.59 Å². The van der Waals surface area contributed by atoms with Crippen molar-refractivity contribution in [2.45, 2.75) is 43.8 Å². The average molecular weight is 312 g/mol. The maximum absolute atomic E-state index is 12.3. The first kappa shape index (κ1) is 17.4. The molecule has 0 unspecified atom stereocenters. The molecular weight excluding hydrogens is 292 g/mol. The fourth-order valence-electron chi connectivity index (χ4n) is 1.72. The number of benzene rings is 1. The molecule has 0 amide bonds. The molecule has 1 N–H and O–H groups in total. The van der Waals surface area contributed by atoms with E-state index in [9.17, 15) is 18.0 Å². The highest BCUT2D eigenvalue weighted by molar-refractivity contribution is 7.93. The number of hydrogen-bond donors (Lipinski definition) is 1. The SMILES string of the molecule is CC(C)CC(=O)c1ccc(S(=O)(=O)C(C)(C)C(=O)O)cc1. The molecular formula is C15H20O5S. The van der Waals surface area contributed by atoms with E-state index in [0.29, 0.717) is 12.0 Å². The summed E-state index contributed by atoms with van der Waals surface area (Å²) in [6.45, 7) is 6.13.